The van der Waals surface area contributed by atoms with Gasteiger partial charge in [-0.25, -0.2) is 13.2 Å². The molecule has 2 aliphatic rings. The summed E-state index contributed by atoms with van der Waals surface area (Å²) in [5.41, 5.74) is 5.14. The van der Waals surface area contributed by atoms with Gasteiger partial charge in [-0.1, -0.05) is 11.6 Å². The van der Waals surface area contributed by atoms with E-state index in [1.54, 1.807) is 13.8 Å². The molecule has 7 nitrogen and oxygen atoms in total. The number of carbonyl (C=O) groups excluding carboxylic acids is 2. The third-order valence-electron chi connectivity index (χ3n) is 6.28. The number of alkyl halides is 2. The van der Waals surface area contributed by atoms with Crippen molar-refractivity contribution in [3.05, 3.63) is 40.3 Å². The van der Waals surface area contributed by atoms with Crippen LogP contribution in [0, 0.1) is 11.7 Å². The smallest absolute Gasteiger partial charge is 0.252 e. The molecule has 0 bridgehead atoms. The summed E-state index contributed by atoms with van der Waals surface area (Å²) in [7, 11) is 0. The fraction of sp³-hybridized carbons (Fsp3) is 0.500. The lowest BCUT2D eigenvalue weighted by Crippen LogP contribution is -2.50. The SMILES string of the molecule is CC(C)(O)[C@H]1CN(C(=O)CC2CC(F)(F)C2)Cc2c(C(N)=O)c(-c3ccc(F)c(Cl)c3)nn21. The third kappa shape index (κ3) is 4.46. The van der Waals surface area contributed by atoms with Crippen molar-refractivity contribution in [2.45, 2.75) is 57.2 Å². The molecule has 1 fully saturated rings. The maximum absolute atomic E-state index is 13.7. The highest BCUT2D eigenvalue weighted by atomic mass is 35.5. The summed E-state index contributed by atoms with van der Waals surface area (Å²) < 4.78 is 41.5. The van der Waals surface area contributed by atoms with Crippen molar-refractivity contribution in [3.8, 4) is 11.3 Å². The molecule has 3 N–H and O–H groups in total. The zero-order valence-corrected chi connectivity index (χ0v) is 18.9. The number of nitrogens with two attached hydrogens (primary N) is 1. The van der Waals surface area contributed by atoms with Gasteiger partial charge < -0.3 is 15.7 Å². The maximum Gasteiger partial charge on any atom is 0.252 e. The van der Waals surface area contributed by atoms with Crippen LogP contribution >= 0.6 is 11.6 Å². The van der Waals surface area contributed by atoms with Gasteiger partial charge in [0.25, 0.3) is 5.91 Å². The first-order chi connectivity index (χ1) is 15.3. The number of rotatable bonds is 5. The van der Waals surface area contributed by atoms with E-state index in [1.165, 1.54) is 21.7 Å². The second kappa shape index (κ2) is 8.02. The average molecular weight is 485 g/mol. The van der Waals surface area contributed by atoms with Crippen LogP contribution in [0.5, 0.6) is 0 Å². The fourth-order valence-electron chi connectivity index (χ4n) is 4.53. The van der Waals surface area contributed by atoms with Crippen molar-refractivity contribution in [1.29, 1.82) is 0 Å². The topological polar surface area (TPSA) is 101 Å². The van der Waals surface area contributed by atoms with Crippen LogP contribution in [-0.2, 0) is 11.3 Å². The first kappa shape index (κ1) is 23.6. The van der Waals surface area contributed by atoms with Crippen molar-refractivity contribution >= 4 is 23.4 Å². The fourth-order valence-corrected chi connectivity index (χ4v) is 4.71. The molecule has 1 atom stereocenters. The van der Waals surface area contributed by atoms with E-state index in [0.29, 0.717) is 11.3 Å². The summed E-state index contributed by atoms with van der Waals surface area (Å²) in [6, 6.07) is 3.12. The second-order valence-corrected chi connectivity index (χ2v) is 9.79. The Hall–Kier alpha value is -2.59. The van der Waals surface area contributed by atoms with Crippen LogP contribution in [-0.4, -0.2) is 49.7 Å². The van der Waals surface area contributed by atoms with Gasteiger partial charge in [0.1, 0.15) is 11.5 Å². The minimum Gasteiger partial charge on any atom is -0.388 e. The molecule has 33 heavy (non-hydrogen) atoms. The summed E-state index contributed by atoms with van der Waals surface area (Å²) in [6.07, 6.45) is -0.711. The Bertz CT molecular complexity index is 1120. The summed E-state index contributed by atoms with van der Waals surface area (Å²) in [5.74, 6) is -4.94. The Morgan fingerprint density at radius 3 is 2.55 bits per heavy atom. The van der Waals surface area contributed by atoms with Crippen molar-refractivity contribution in [2.24, 2.45) is 11.7 Å². The highest BCUT2D eigenvalue weighted by molar-refractivity contribution is 6.31. The lowest BCUT2D eigenvalue weighted by Gasteiger charge is -2.41. The summed E-state index contributed by atoms with van der Waals surface area (Å²) in [5, 5.41) is 15.1. The molecule has 0 spiro atoms. The quantitative estimate of drug-likeness (QED) is 0.677. The highest BCUT2D eigenvalue weighted by Crippen LogP contribution is 2.44. The molecule has 0 radical (unpaired) electrons. The van der Waals surface area contributed by atoms with Crippen molar-refractivity contribution < 1.29 is 27.9 Å². The van der Waals surface area contributed by atoms with Crippen LogP contribution in [0.3, 0.4) is 0 Å². The predicted molar refractivity (Wildman–Crippen MR) is 114 cm³/mol. The van der Waals surface area contributed by atoms with Crippen molar-refractivity contribution in [1.82, 2.24) is 14.7 Å². The van der Waals surface area contributed by atoms with Gasteiger partial charge >= 0.3 is 0 Å². The standard InChI is InChI=1S/C22H24ClF3N4O3/c1-21(2,33)16-10-29(17(31)5-11-7-22(25,26)8-11)9-15-18(20(27)32)19(28-30(15)16)12-3-4-14(24)13(23)6-12/h3-4,6,11,16,33H,5,7-10H2,1-2H3,(H2,27,32)/t16-/m1/s1. The van der Waals surface area contributed by atoms with E-state index < -0.39 is 35.2 Å². The molecule has 2 heterocycles. The number of carbonyl (C=O) groups is 2. The third-order valence-corrected chi connectivity index (χ3v) is 6.57. The van der Waals surface area contributed by atoms with E-state index in [-0.39, 0.29) is 54.5 Å². The van der Waals surface area contributed by atoms with Crippen LogP contribution in [0.4, 0.5) is 13.2 Å². The van der Waals surface area contributed by atoms with Gasteiger partial charge in [-0.05, 0) is 38.0 Å². The summed E-state index contributed by atoms with van der Waals surface area (Å²) in [4.78, 5) is 26.8. The summed E-state index contributed by atoms with van der Waals surface area (Å²) >= 11 is 5.90. The molecule has 2 amide bonds. The number of primary amides is 1. The van der Waals surface area contributed by atoms with Crippen LogP contribution < -0.4 is 5.73 Å². The molecule has 0 saturated heterocycles. The van der Waals surface area contributed by atoms with E-state index in [1.807, 2.05) is 0 Å². The van der Waals surface area contributed by atoms with Crippen LogP contribution in [0.1, 0.15) is 55.2 Å². The zero-order valence-electron chi connectivity index (χ0n) is 18.1. The number of aromatic nitrogens is 2. The minimum atomic E-state index is -2.73. The molecule has 1 aliphatic carbocycles. The van der Waals surface area contributed by atoms with Gasteiger partial charge in [-0.3, -0.25) is 14.3 Å². The summed E-state index contributed by atoms with van der Waals surface area (Å²) in [6.45, 7) is 3.13. The molecule has 0 unspecified atom stereocenters. The molecule has 1 aromatic carbocycles. The first-order valence-electron chi connectivity index (χ1n) is 10.5. The Morgan fingerprint density at radius 1 is 1.33 bits per heavy atom. The number of hydrogen-bond donors (Lipinski definition) is 2. The van der Waals surface area contributed by atoms with Gasteiger partial charge in [-0.15, -0.1) is 0 Å². The predicted octanol–water partition coefficient (Wildman–Crippen LogP) is 3.53. The number of halogens is 4. The number of fused-ring (bicyclic) bond motifs is 1. The lowest BCUT2D eigenvalue weighted by molar-refractivity contribution is -0.145. The van der Waals surface area contributed by atoms with Gasteiger partial charge in [-0.2, -0.15) is 5.10 Å². The molecule has 2 aromatic rings. The van der Waals surface area contributed by atoms with Gasteiger partial charge in [0, 0.05) is 31.4 Å². The molecular formula is C22H24ClF3N4O3. The highest BCUT2D eigenvalue weighted by Gasteiger charge is 2.47. The number of nitrogens with zero attached hydrogens (tertiary/aromatic N) is 3. The van der Waals surface area contributed by atoms with Crippen LogP contribution in [0.25, 0.3) is 11.3 Å². The van der Waals surface area contributed by atoms with Gasteiger partial charge in [0.05, 0.1) is 34.5 Å². The number of amides is 2. The van der Waals surface area contributed by atoms with Crippen molar-refractivity contribution in [3.63, 3.8) is 0 Å². The molecule has 4 rings (SSSR count). The average Bonchev–Trinajstić information content (AvgIpc) is 3.06. The molecule has 1 saturated carbocycles. The largest absolute Gasteiger partial charge is 0.388 e. The normalized spacial score (nSPS) is 20.3. The molecular weight excluding hydrogens is 461 g/mol. The number of benzene rings is 1. The van der Waals surface area contributed by atoms with Crippen LogP contribution in [0.15, 0.2) is 18.2 Å². The van der Waals surface area contributed by atoms with E-state index in [9.17, 15) is 27.9 Å². The Morgan fingerprint density at radius 2 is 2.00 bits per heavy atom. The van der Waals surface area contributed by atoms with Gasteiger partial charge in [0.15, 0.2) is 0 Å². The lowest BCUT2D eigenvalue weighted by atomic mass is 9.79. The Labute approximate surface area is 193 Å². The number of hydrogen-bond acceptors (Lipinski definition) is 4. The molecule has 178 valence electrons. The van der Waals surface area contributed by atoms with E-state index in [0.717, 1.165) is 6.07 Å². The van der Waals surface area contributed by atoms with E-state index in [4.69, 9.17) is 17.3 Å². The molecule has 1 aliphatic heterocycles. The van der Waals surface area contributed by atoms with Crippen LogP contribution in [0.2, 0.25) is 5.02 Å². The Kier molecular flexibility index (Phi) is 5.73. The monoisotopic (exact) mass is 484 g/mol. The van der Waals surface area contributed by atoms with E-state index in [2.05, 4.69) is 5.10 Å². The molecule has 1 aromatic heterocycles. The van der Waals surface area contributed by atoms with E-state index >= 15 is 0 Å². The Balaban J connectivity index is 1.74. The zero-order chi connectivity index (χ0) is 24.3. The van der Waals surface area contributed by atoms with Gasteiger partial charge in [0.2, 0.25) is 11.8 Å². The number of aliphatic hydroxyl groups is 1. The minimum absolute atomic E-state index is 0.0274. The second-order valence-electron chi connectivity index (χ2n) is 9.39. The molecule has 11 heteroatoms. The van der Waals surface area contributed by atoms with Crippen molar-refractivity contribution in [2.75, 3.05) is 6.54 Å². The maximum atomic E-state index is 13.7. The first-order valence-corrected chi connectivity index (χ1v) is 10.9.